The van der Waals surface area contributed by atoms with Crippen molar-refractivity contribution in [2.24, 2.45) is 5.92 Å². The van der Waals surface area contributed by atoms with Gasteiger partial charge < -0.3 is 15.4 Å². The molecule has 1 heterocycles. The van der Waals surface area contributed by atoms with Gasteiger partial charge in [-0.1, -0.05) is 0 Å². The van der Waals surface area contributed by atoms with Crippen LogP contribution in [0.1, 0.15) is 23.2 Å². The normalized spacial score (nSPS) is 19.8. The number of hydrogen-bond acceptors (Lipinski definition) is 3. The van der Waals surface area contributed by atoms with Crippen LogP contribution < -0.4 is 5.73 Å². The van der Waals surface area contributed by atoms with Gasteiger partial charge in [0.05, 0.1) is 6.61 Å². The highest BCUT2D eigenvalue weighted by Crippen LogP contribution is 2.19. The molecule has 1 fully saturated rings. The maximum Gasteiger partial charge on any atom is 0.253 e. The van der Waals surface area contributed by atoms with Gasteiger partial charge in [0.15, 0.2) is 0 Å². The van der Waals surface area contributed by atoms with Gasteiger partial charge in [0.25, 0.3) is 5.91 Å². The molecule has 0 radical (unpaired) electrons. The zero-order valence-electron chi connectivity index (χ0n) is 10.8. The number of carbonyl (C=O) groups excluding carboxylic acids is 1. The minimum Gasteiger partial charge on any atom is -0.399 e. The first-order valence-corrected chi connectivity index (χ1v) is 6.34. The van der Waals surface area contributed by atoms with E-state index in [0.717, 1.165) is 32.5 Å². The van der Waals surface area contributed by atoms with Crippen molar-refractivity contribution >= 4 is 11.6 Å². The van der Waals surface area contributed by atoms with E-state index in [2.05, 4.69) is 0 Å². The zero-order valence-corrected chi connectivity index (χ0v) is 10.8. The lowest BCUT2D eigenvalue weighted by Gasteiger charge is -2.32. The van der Waals surface area contributed by atoms with Crippen molar-refractivity contribution in [3.63, 3.8) is 0 Å². The predicted octanol–water partition coefficient (Wildman–Crippen LogP) is 1.77. The molecular weight excluding hydrogens is 228 g/mol. The van der Waals surface area contributed by atoms with Crippen LogP contribution in [0.2, 0.25) is 0 Å². The second kappa shape index (κ2) is 5.87. The van der Waals surface area contributed by atoms with Crippen LogP contribution in [0.5, 0.6) is 0 Å². The van der Waals surface area contributed by atoms with Gasteiger partial charge in [-0.15, -0.1) is 0 Å². The number of methoxy groups -OCH3 is 1. The number of hydrogen-bond donors (Lipinski definition) is 1. The topological polar surface area (TPSA) is 55.6 Å². The van der Waals surface area contributed by atoms with Gasteiger partial charge >= 0.3 is 0 Å². The van der Waals surface area contributed by atoms with Crippen molar-refractivity contribution < 1.29 is 9.53 Å². The second-order valence-corrected chi connectivity index (χ2v) is 4.84. The van der Waals surface area contributed by atoms with E-state index in [1.165, 1.54) is 0 Å². The highest BCUT2D eigenvalue weighted by molar-refractivity contribution is 5.94. The summed E-state index contributed by atoms with van der Waals surface area (Å²) in [4.78, 5) is 14.2. The first kappa shape index (κ1) is 12.9. The van der Waals surface area contributed by atoms with E-state index < -0.39 is 0 Å². The SMILES string of the molecule is COCC1CCCN(C(=O)c2ccc(N)cc2)C1. The molecule has 1 atom stereocenters. The average molecular weight is 248 g/mol. The van der Waals surface area contributed by atoms with E-state index in [9.17, 15) is 4.79 Å². The standard InChI is InChI=1S/C14H20N2O2/c1-18-10-11-3-2-8-16(9-11)14(17)12-4-6-13(15)7-5-12/h4-7,11H,2-3,8-10,15H2,1H3. The van der Waals surface area contributed by atoms with Crippen LogP contribution in [-0.2, 0) is 4.74 Å². The van der Waals surface area contributed by atoms with Crippen LogP contribution in [0.3, 0.4) is 0 Å². The molecule has 0 saturated carbocycles. The van der Waals surface area contributed by atoms with Gasteiger partial charge in [0, 0.05) is 31.5 Å². The van der Waals surface area contributed by atoms with Crippen LogP contribution in [0, 0.1) is 5.92 Å². The molecule has 98 valence electrons. The Kier molecular flexibility index (Phi) is 4.20. The molecule has 1 unspecified atom stereocenters. The Labute approximate surface area is 108 Å². The lowest BCUT2D eigenvalue weighted by Crippen LogP contribution is -2.41. The molecule has 1 aliphatic rings. The molecule has 2 N–H and O–H groups in total. The van der Waals surface area contributed by atoms with Crippen molar-refractivity contribution in [1.29, 1.82) is 0 Å². The maximum absolute atomic E-state index is 12.3. The number of nitrogen functional groups attached to an aromatic ring is 1. The van der Waals surface area contributed by atoms with E-state index in [4.69, 9.17) is 10.5 Å². The van der Waals surface area contributed by atoms with Crippen molar-refractivity contribution in [3.8, 4) is 0 Å². The Bertz CT molecular complexity index is 401. The van der Waals surface area contributed by atoms with E-state index in [1.54, 1.807) is 31.4 Å². The fourth-order valence-corrected chi connectivity index (χ4v) is 2.43. The smallest absolute Gasteiger partial charge is 0.253 e. The monoisotopic (exact) mass is 248 g/mol. The van der Waals surface area contributed by atoms with Crippen LogP contribution >= 0.6 is 0 Å². The minimum absolute atomic E-state index is 0.0933. The van der Waals surface area contributed by atoms with Crippen LogP contribution in [0.25, 0.3) is 0 Å². The largest absolute Gasteiger partial charge is 0.399 e. The van der Waals surface area contributed by atoms with Crippen molar-refractivity contribution in [3.05, 3.63) is 29.8 Å². The number of nitrogens with zero attached hydrogens (tertiary/aromatic N) is 1. The molecule has 4 nitrogen and oxygen atoms in total. The van der Waals surface area contributed by atoms with Crippen molar-refractivity contribution in [1.82, 2.24) is 4.90 Å². The highest BCUT2D eigenvalue weighted by atomic mass is 16.5. The number of likely N-dealkylation sites (tertiary alicyclic amines) is 1. The average Bonchev–Trinajstić information content (AvgIpc) is 2.39. The lowest BCUT2D eigenvalue weighted by atomic mass is 9.98. The maximum atomic E-state index is 12.3. The molecular formula is C14H20N2O2. The number of amides is 1. The summed E-state index contributed by atoms with van der Waals surface area (Å²) in [5, 5.41) is 0. The Morgan fingerprint density at radius 3 is 2.83 bits per heavy atom. The molecule has 2 rings (SSSR count). The summed E-state index contributed by atoms with van der Waals surface area (Å²) >= 11 is 0. The first-order valence-electron chi connectivity index (χ1n) is 6.34. The summed E-state index contributed by atoms with van der Waals surface area (Å²) in [5.41, 5.74) is 7.02. The van der Waals surface area contributed by atoms with E-state index in [-0.39, 0.29) is 5.91 Å². The summed E-state index contributed by atoms with van der Waals surface area (Å²) in [6.07, 6.45) is 2.19. The van der Waals surface area contributed by atoms with Crippen LogP contribution in [-0.4, -0.2) is 37.6 Å². The Morgan fingerprint density at radius 1 is 1.44 bits per heavy atom. The number of anilines is 1. The van der Waals surface area contributed by atoms with E-state index >= 15 is 0 Å². The van der Waals surface area contributed by atoms with Crippen LogP contribution in [0.15, 0.2) is 24.3 Å². The summed E-state index contributed by atoms with van der Waals surface area (Å²) in [6, 6.07) is 7.11. The molecule has 1 saturated heterocycles. The molecule has 1 amide bonds. The lowest BCUT2D eigenvalue weighted by molar-refractivity contribution is 0.0571. The Hall–Kier alpha value is -1.55. The van der Waals surface area contributed by atoms with Gasteiger partial charge in [0.1, 0.15) is 0 Å². The fourth-order valence-electron chi connectivity index (χ4n) is 2.43. The fraction of sp³-hybridized carbons (Fsp3) is 0.500. The third-order valence-electron chi connectivity index (χ3n) is 3.37. The summed E-state index contributed by atoms with van der Waals surface area (Å²) in [7, 11) is 1.71. The molecule has 18 heavy (non-hydrogen) atoms. The number of rotatable bonds is 3. The van der Waals surface area contributed by atoms with Gasteiger partial charge in [-0.25, -0.2) is 0 Å². The number of piperidine rings is 1. The van der Waals surface area contributed by atoms with Gasteiger partial charge in [-0.2, -0.15) is 0 Å². The summed E-state index contributed by atoms with van der Waals surface area (Å²) in [5.74, 6) is 0.553. The molecule has 0 aliphatic carbocycles. The van der Waals surface area contributed by atoms with Gasteiger partial charge in [-0.3, -0.25) is 4.79 Å². The molecule has 1 aromatic rings. The minimum atomic E-state index is 0.0933. The number of carbonyl (C=O) groups is 1. The first-order chi connectivity index (χ1) is 8.70. The molecule has 0 aromatic heterocycles. The zero-order chi connectivity index (χ0) is 13.0. The Balaban J connectivity index is 2.02. The van der Waals surface area contributed by atoms with Gasteiger partial charge in [0.2, 0.25) is 0 Å². The predicted molar refractivity (Wildman–Crippen MR) is 71.4 cm³/mol. The second-order valence-electron chi connectivity index (χ2n) is 4.84. The number of nitrogens with two attached hydrogens (primary N) is 1. The third-order valence-corrected chi connectivity index (χ3v) is 3.37. The molecule has 4 heteroatoms. The summed E-state index contributed by atoms with van der Waals surface area (Å²) < 4.78 is 5.18. The van der Waals surface area contributed by atoms with Crippen molar-refractivity contribution in [2.75, 3.05) is 32.5 Å². The summed E-state index contributed by atoms with van der Waals surface area (Å²) in [6.45, 7) is 2.35. The van der Waals surface area contributed by atoms with Gasteiger partial charge in [-0.05, 0) is 43.0 Å². The van der Waals surface area contributed by atoms with E-state index in [1.807, 2.05) is 4.90 Å². The van der Waals surface area contributed by atoms with Crippen molar-refractivity contribution in [2.45, 2.75) is 12.8 Å². The highest BCUT2D eigenvalue weighted by Gasteiger charge is 2.24. The Morgan fingerprint density at radius 2 is 2.17 bits per heavy atom. The molecule has 0 bridgehead atoms. The van der Waals surface area contributed by atoms with E-state index in [0.29, 0.717) is 17.2 Å². The molecule has 0 spiro atoms. The van der Waals surface area contributed by atoms with Crippen LogP contribution in [0.4, 0.5) is 5.69 Å². The third kappa shape index (κ3) is 3.01. The molecule has 1 aliphatic heterocycles. The quantitative estimate of drug-likeness (QED) is 0.829. The number of ether oxygens (including phenoxy) is 1. The number of benzene rings is 1. The molecule has 1 aromatic carbocycles.